The number of rotatable bonds is 3. The number of ether oxygens (including phenoxy) is 2. The van der Waals surface area contributed by atoms with Gasteiger partial charge in [0, 0.05) is 23.4 Å². The summed E-state index contributed by atoms with van der Waals surface area (Å²) in [5.74, 6) is 0.395. The quantitative estimate of drug-likeness (QED) is 0.682. The molecule has 0 bridgehead atoms. The Bertz CT molecular complexity index is 1160. The number of thiazole rings is 1. The van der Waals surface area contributed by atoms with Gasteiger partial charge in [0.1, 0.15) is 11.1 Å². The van der Waals surface area contributed by atoms with Gasteiger partial charge in [-0.15, -0.1) is 11.3 Å². The number of fused-ring (bicyclic) bond motifs is 2. The highest BCUT2D eigenvalue weighted by Gasteiger charge is 2.27. The summed E-state index contributed by atoms with van der Waals surface area (Å²) in [5, 5.41) is 3.47. The first-order valence-electron chi connectivity index (χ1n) is 9.65. The first-order chi connectivity index (χ1) is 14.2. The van der Waals surface area contributed by atoms with Gasteiger partial charge in [-0.2, -0.15) is 4.98 Å². The van der Waals surface area contributed by atoms with Gasteiger partial charge in [-0.05, 0) is 39.7 Å². The van der Waals surface area contributed by atoms with Crippen LogP contribution in [0.1, 0.15) is 37.8 Å². The molecule has 1 amide bonds. The van der Waals surface area contributed by atoms with Gasteiger partial charge in [-0.1, -0.05) is 0 Å². The van der Waals surface area contributed by atoms with E-state index in [4.69, 9.17) is 9.47 Å². The summed E-state index contributed by atoms with van der Waals surface area (Å²) >= 11 is 1.43. The van der Waals surface area contributed by atoms with Crippen LogP contribution in [0.15, 0.2) is 23.1 Å². The van der Waals surface area contributed by atoms with Crippen LogP contribution in [0.2, 0.25) is 0 Å². The van der Waals surface area contributed by atoms with Gasteiger partial charge in [0.05, 0.1) is 19.0 Å². The maximum atomic E-state index is 12.6. The number of aryl methyl sites for hydroxylation is 1. The molecule has 9 nitrogen and oxygen atoms in total. The first kappa shape index (κ1) is 20.3. The number of nitrogens with zero attached hydrogens (tertiary/aromatic N) is 4. The van der Waals surface area contributed by atoms with E-state index >= 15 is 0 Å². The van der Waals surface area contributed by atoms with E-state index < -0.39 is 11.7 Å². The lowest BCUT2D eigenvalue weighted by atomic mass is 9.98. The lowest BCUT2D eigenvalue weighted by Crippen LogP contribution is -2.41. The van der Waals surface area contributed by atoms with E-state index in [2.05, 4.69) is 20.3 Å². The second-order valence-corrected chi connectivity index (χ2v) is 9.14. The Morgan fingerprint density at radius 1 is 1.30 bits per heavy atom. The van der Waals surface area contributed by atoms with Crippen LogP contribution < -0.4 is 15.6 Å². The second kappa shape index (κ2) is 7.67. The highest BCUT2D eigenvalue weighted by molar-refractivity contribution is 7.14. The van der Waals surface area contributed by atoms with E-state index in [0.717, 1.165) is 17.0 Å². The van der Waals surface area contributed by atoms with E-state index in [1.807, 2.05) is 20.8 Å². The normalized spacial score (nSPS) is 16.2. The number of carbonyl (C=O) groups excluding carboxylic acids is 1. The number of hydrogen-bond acceptors (Lipinski definition) is 8. The van der Waals surface area contributed by atoms with Crippen molar-refractivity contribution >= 4 is 28.6 Å². The van der Waals surface area contributed by atoms with E-state index in [1.54, 1.807) is 12.1 Å². The molecule has 0 aliphatic heterocycles. The molecule has 0 fully saturated rings. The Kier molecular flexibility index (Phi) is 5.19. The molecule has 1 unspecified atom stereocenters. The minimum absolute atomic E-state index is 0.0372. The van der Waals surface area contributed by atoms with Crippen LogP contribution in [0.5, 0.6) is 5.88 Å². The Morgan fingerprint density at radius 2 is 2.10 bits per heavy atom. The minimum Gasteiger partial charge on any atom is -0.481 e. The summed E-state index contributed by atoms with van der Waals surface area (Å²) in [5.41, 5.74) is 1.07. The zero-order chi connectivity index (χ0) is 21.5. The molecule has 3 aromatic rings. The molecule has 30 heavy (non-hydrogen) atoms. The van der Waals surface area contributed by atoms with Crippen molar-refractivity contribution in [1.29, 1.82) is 0 Å². The van der Waals surface area contributed by atoms with Gasteiger partial charge in [0.2, 0.25) is 5.88 Å². The van der Waals surface area contributed by atoms with Crippen molar-refractivity contribution in [3.63, 3.8) is 0 Å². The molecule has 10 heteroatoms. The number of pyridine rings is 1. The molecule has 0 aromatic carbocycles. The predicted octanol–water partition coefficient (Wildman–Crippen LogP) is 2.63. The maximum Gasteiger partial charge on any atom is 0.407 e. The Hall–Kier alpha value is -3.01. The summed E-state index contributed by atoms with van der Waals surface area (Å²) in [6, 6.07) is 3.42. The van der Waals surface area contributed by atoms with Crippen LogP contribution in [0.3, 0.4) is 0 Å². The molecule has 158 valence electrons. The average Bonchev–Trinajstić information content (AvgIpc) is 3.08. The highest BCUT2D eigenvalue weighted by Crippen LogP contribution is 2.30. The zero-order valence-corrected chi connectivity index (χ0v) is 18.1. The van der Waals surface area contributed by atoms with Gasteiger partial charge >= 0.3 is 6.09 Å². The van der Waals surface area contributed by atoms with Crippen LogP contribution in [-0.2, 0) is 17.6 Å². The van der Waals surface area contributed by atoms with Gasteiger partial charge in [-0.3, -0.25) is 4.79 Å². The minimum atomic E-state index is -0.542. The molecule has 1 aliphatic rings. The number of aromatic nitrogens is 4. The number of amides is 1. The standard InChI is InChI=1S/C20H23N5O4S/c1-20(2,3)29-19(27)22-11-5-6-12-14(9-11)30-18(23-12)25-16(26)10-21-13-7-8-15(28-4)24-17(13)25/h7-8,10-11H,5-6,9H2,1-4H3,(H,22,27). The highest BCUT2D eigenvalue weighted by atomic mass is 32.1. The molecular formula is C20H23N5O4S. The third kappa shape index (κ3) is 4.13. The molecule has 1 aliphatic carbocycles. The molecule has 3 heterocycles. The Balaban J connectivity index is 1.63. The van der Waals surface area contributed by atoms with Crippen molar-refractivity contribution in [3.8, 4) is 11.0 Å². The van der Waals surface area contributed by atoms with Gasteiger partial charge in [0.15, 0.2) is 10.8 Å². The molecule has 1 atom stereocenters. The van der Waals surface area contributed by atoms with Crippen LogP contribution in [-0.4, -0.2) is 44.4 Å². The number of alkyl carbamates (subject to hydrolysis) is 1. The van der Waals surface area contributed by atoms with Crippen LogP contribution in [0, 0.1) is 0 Å². The average molecular weight is 430 g/mol. The lowest BCUT2D eigenvalue weighted by molar-refractivity contribution is 0.0500. The summed E-state index contributed by atoms with van der Waals surface area (Å²) in [4.78, 5) is 39.0. The van der Waals surface area contributed by atoms with Crippen LogP contribution in [0.25, 0.3) is 16.3 Å². The fourth-order valence-electron chi connectivity index (χ4n) is 3.33. The summed E-state index contributed by atoms with van der Waals surface area (Å²) in [7, 11) is 1.52. The van der Waals surface area contributed by atoms with Crippen molar-refractivity contribution in [2.24, 2.45) is 0 Å². The molecule has 0 saturated heterocycles. The maximum absolute atomic E-state index is 12.6. The van der Waals surface area contributed by atoms with Crippen LogP contribution >= 0.6 is 11.3 Å². The van der Waals surface area contributed by atoms with E-state index in [1.165, 1.54) is 29.2 Å². The number of methoxy groups -OCH3 is 1. The number of hydrogen-bond donors (Lipinski definition) is 1. The van der Waals surface area contributed by atoms with Gasteiger partial charge in [0.25, 0.3) is 5.56 Å². The van der Waals surface area contributed by atoms with Crippen LogP contribution in [0.4, 0.5) is 4.79 Å². The molecule has 0 spiro atoms. The third-order valence-corrected chi connectivity index (χ3v) is 5.73. The Labute approximate surface area is 177 Å². The van der Waals surface area contributed by atoms with E-state index in [9.17, 15) is 9.59 Å². The van der Waals surface area contributed by atoms with Crippen molar-refractivity contribution in [2.75, 3.05) is 7.11 Å². The zero-order valence-electron chi connectivity index (χ0n) is 17.3. The summed E-state index contributed by atoms with van der Waals surface area (Å²) in [6.45, 7) is 5.50. The molecule has 0 radical (unpaired) electrons. The van der Waals surface area contributed by atoms with Crippen molar-refractivity contribution < 1.29 is 14.3 Å². The topological polar surface area (TPSA) is 108 Å². The predicted molar refractivity (Wildman–Crippen MR) is 113 cm³/mol. The third-order valence-electron chi connectivity index (χ3n) is 4.62. The Morgan fingerprint density at radius 3 is 2.83 bits per heavy atom. The fraction of sp³-hybridized carbons (Fsp3) is 0.450. The largest absolute Gasteiger partial charge is 0.481 e. The van der Waals surface area contributed by atoms with E-state index in [-0.39, 0.29) is 11.6 Å². The van der Waals surface area contributed by atoms with Gasteiger partial charge in [-0.25, -0.2) is 19.3 Å². The molecule has 0 saturated carbocycles. The molecular weight excluding hydrogens is 406 g/mol. The number of nitrogens with one attached hydrogen (secondary N) is 1. The van der Waals surface area contributed by atoms with Crippen molar-refractivity contribution in [1.82, 2.24) is 24.8 Å². The fourth-order valence-corrected chi connectivity index (χ4v) is 4.52. The molecule has 4 rings (SSSR count). The smallest absolute Gasteiger partial charge is 0.407 e. The first-order valence-corrected chi connectivity index (χ1v) is 10.5. The van der Waals surface area contributed by atoms with Gasteiger partial charge < -0.3 is 14.8 Å². The monoisotopic (exact) mass is 429 g/mol. The lowest BCUT2D eigenvalue weighted by Gasteiger charge is -2.25. The summed E-state index contributed by atoms with van der Waals surface area (Å²) < 4.78 is 12.0. The molecule has 3 aromatic heterocycles. The summed E-state index contributed by atoms with van der Waals surface area (Å²) in [6.07, 6.45) is 2.95. The van der Waals surface area contributed by atoms with E-state index in [0.29, 0.717) is 35.0 Å². The van der Waals surface area contributed by atoms with Crippen molar-refractivity contribution in [3.05, 3.63) is 39.3 Å². The van der Waals surface area contributed by atoms with Crippen molar-refractivity contribution in [2.45, 2.75) is 51.7 Å². The number of carbonyl (C=O) groups is 1. The molecule has 1 N–H and O–H groups in total. The SMILES string of the molecule is COc1ccc2ncc(=O)n(-c3nc4c(s3)CC(NC(=O)OC(C)(C)C)CC4)c2n1. The second-order valence-electron chi connectivity index (χ2n) is 8.08.